The third-order valence-electron chi connectivity index (χ3n) is 3.39. The van der Waals surface area contributed by atoms with Gasteiger partial charge in [0.25, 0.3) is 0 Å². The van der Waals surface area contributed by atoms with Crippen molar-refractivity contribution in [2.45, 2.75) is 39.3 Å². The van der Waals surface area contributed by atoms with Crippen LogP contribution in [0.1, 0.15) is 38.3 Å². The molecule has 21 heavy (non-hydrogen) atoms. The highest BCUT2D eigenvalue weighted by molar-refractivity contribution is 5.52. The van der Waals surface area contributed by atoms with Gasteiger partial charge in [-0.3, -0.25) is 4.90 Å². The first kappa shape index (κ1) is 15.7. The number of benzene rings is 1. The van der Waals surface area contributed by atoms with E-state index in [0.29, 0.717) is 18.3 Å². The number of aromatic nitrogens is 2. The van der Waals surface area contributed by atoms with E-state index in [-0.39, 0.29) is 6.04 Å². The molecule has 1 N–H and O–H groups in total. The molecular formula is C16H23N3O2. The molecule has 0 amide bonds. The minimum atomic E-state index is -0.761. The maximum atomic E-state index is 9.88. The zero-order valence-electron chi connectivity index (χ0n) is 13.3. The summed E-state index contributed by atoms with van der Waals surface area (Å²) in [6.07, 6.45) is 0. The Morgan fingerprint density at radius 2 is 1.86 bits per heavy atom. The molecule has 5 nitrogen and oxygen atoms in total. The van der Waals surface area contributed by atoms with Crippen LogP contribution in [-0.2, 0) is 0 Å². The molecule has 0 saturated heterocycles. The van der Waals surface area contributed by atoms with Crippen molar-refractivity contribution in [3.05, 3.63) is 35.7 Å². The highest BCUT2D eigenvalue weighted by atomic mass is 16.4. The number of rotatable bonds is 5. The molecule has 0 aliphatic carbocycles. The largest absolute Gasteiger partial charge is 0.419 e. The number of nitrogens with zero attached hydrogens (tertiary/aromatic N) is 3. The molecule has 1 aromatic heterocycles. The van der Waals surface area contributed by atoms with Crippen LogP contribution in [0.15, 0.2) is 28.7 Å². The Bertz CT molecular complexity index is 584. The second-order valence-corrected chi connectivity index (χ2v) is 6.22. The summed E-state index contributed by atoms with van der Waals surface area (Å²) >= 11 is 0. The molecule has 2 aromatic rings. The van der Waals surface area contributed by atoms with E-state index in [1.165, 1.54) is 5.56 Å². The summed E-state index contributed by atoms with van der Waals surface area (Å²) in [6, 6.07) is 7.92. The van der Waals surface area contributed by atoms with Gasteiger partial charge in [-0.25, -0.2) is 0 Å². The van der Waals surface area contributed by atoms with Gasteiger partial charge in [0.2, 0.25) is 11.8 Å². The summed E-state index contributed by atoms with van der Waals surface area (Å²) in [5.74, 6) is 1.07. The van der Waals surface area contributed by atoms with Gasteiger partial charge < -0.3 is 9.52 Å². The molecule has 0 fully saturated rings. The number of aliphatic hydroxyl groups is 1. The van der Waals surface area contributed by atoms with Crippen LogP contribution in [0.25, 0.3) is 11.5 Å². The van der Waals surface area contributed by atoms with Gasteiger partial charge in [-0.1, -0.05) is 17.7 Å². The van der Waals surface area contributed by atoms with Crippen LogP contribution in [-0.4, -0.2) is 39.4 Å². The van der Waals surface area contributed by atoms with E-state index in [0.717, 1.165) is 5.56 Å². The van der Waals surface area contributed by atoms with Crippen molar-refractivity contribution in [1.82, 2.24) is 15.1 Å². The van der Waals surface area contributed by atoms with E-state index in [2.05, 4.69) is 10.2 Å². The first-order valence-corrected chi connectivity index (χ1v) is 7.09. The van der Waals surface area contributed by atoms with Crippen molar-refractivity contribution < 1.29 is 9.52 Å². The fourth-order valence-corrected chi connectivity index (χ4v) is 2.15. The van der Waals surface area contributed by atoms with Crippen molar-refractivity contribution in [3.8, 4) is 11.5 Å². The fourth-order valence-electron chi connectivity index (χ4n) is 2.15. The second kappa shape index (κ2) is 5.95. The fraction of sp³-hybridized carbons (Fsp3) is 0.500. The van der Waals surface area contributed by atoms with Crippen LogP contribution in [0.2, 0.25) is 0 Å². The molecule has 114 valence electrons. The van der Waals surface area contributed by atoms with Crippen LogP contribution in [0.4, 0.5) is 0 Å². The molecule has 0 bridgehead atoms. The van der Waals surface area contributed by atoms with E-state index in [1.54, 1.807) is 13.8 Å². The maximum absolute atomic E-state index is 9.88. The quantitative estimate of drug-likeness (QED) is 0.917. The molecule has 1 unspecified atom stereocenters. The lowest BCUT2D eigenvalue weighted by Crippen LogP contribution is -2.37. The summed E-state index contributed by atoms with van der Waals surface area (Å²) in [4.78, 5) is 1.99. The molecule has 2 rings (SSSR count). The number of aryl methyl sites for hydroxylation is 1. The summed E-state index contributed by atoms with van der Waals surface area (Å²) in [6.45, 7) is 8.11. The normalized spacial score (nSPS) is 13.7. The molecule has 0 radical (unpaired) electrons. The predicted octanol–water partition coefficient (Wildman–Crippen LogP) is 2.81. The zero-order valence-corrected chi connectivity index (χ0v) is 13.3. The Morgan fingerprint density at radius 1 is 1.24 bits per heavy atom. The van der Waals surface area contributed by atoms with Gasteiger partial charge in [0, 0.05) is 12.1 Å². The lowest BCUT2D eigenvalue weighted by Gasteiger charge is -2.28. The SMILES string of the molecule is Cc1ccc(-c2nnc(C(C)N(C)CC(C)(C)O)o2)cc1. The molecule has 0 spiro atoms. The highest BCUT2D eigenvalue weighted by Crippen LogP contribution is 2.24. The van der Waals surface area contributed by atoms with E-state index in [4.69, 9.17) is 4.42 Å². The molecule has 5 heteroatoms. The van der Waals surface area contributed by atoms with E-state index in [9.17, 15) is 5.11 Å². The van der Waals surface area contributed by atoms with Crippen molar-refractivity contribution in [1.29, 1.82) is 0 Å². The molecule has 0 saturated carbocycles. The minimum Gasteiger partial charge on any atom is -0.419 e. The lowest BCUT2D eigenvalue weighted by atomic mass is 10.1. The first-order valence-electron chi connectivity index (χ1n) is 7.09. The van der Waals surface area contributed by atoms with Crippen LogP contribution in [0.3, 0.4) is 0 Å². The van der Waals surface area contributed by atoms with Gasteiger partial charge in [-0.2, -0.15) is 0 Å². The third-order valence-corrected chi connectivity index (χ3v) is 3.39. The number of likely N-dealkylation sites (N-methyl/N-ethyl adjacent to an activating group) is 1. The van der Waals surface area contributed by atoms with Crippen molar-refractivity contribution in [2.75, 3.05) is 13.6 Å². The molecule has 0 aliphatic rings. The number of hydrogen-bond donors (Lipinski definition) is 1. The molecule has 1 heterocycles. The smallest absolute Gasteiger partial charge is 0.247 e. The van der Waals surface area contributed by atoms with Crippen molar-refractivity contribution in [3.63, 3.8) is 0 Å². The first-order chi connectivity index (χ1) is 9.76. The minimum absolute atomic E-state index is 0.0527. The Hall–Kier alpha value is -1.72. The summed E-state index contributed by atoms with van der Waals surface area (Å²) < 4.78 is 5.76. The Kier molecular flexibility index (Phi) is 4.44. The van der Waals surface area contributed by atoms with E-state index >= 15 is 0 Å². The van der Waals surface area contributed by atoms with Crippen LogP contribution < -0.4 is 0 Å². The lowest BCUT2D eigenvalue weighted by molar-refractivity contribution is 0.0298. The van der Waals surface area contributed by atoms with Crippen LogP contribution in [0.5, 0.6) is 0 Å². The highest BCUT2D eigenvalue weighted by Gasteiger charge is 2.24. The van der Waals surface area contributed by atoms with Gasteiger partial charge in [-0.05, 0) is 46.9 Å². The van der Waals surface area contributed by atoms with Gasteiger partial charge in [0.15, 0.2) is 0 Å². The van der Waals surface area contributed by atoms with Crippen molar-refractivity contribution in [2.24, 2.45) is 0 Å². The van der Waals surface area contributed by atoms with Crippen LogP contribution in [0, 0.1) is 6.92 Å². The Labute approximate surface area is 125 Å². The van der Waals surface area contributed by atoms with Gasteiger partial charge in [0.05, 0.1) is 11.6 Å². The van der Waals surface area contributed by atoms with E-state index in [1.807, 2.05) is 50.1 Å². The number of hydrogen-bond acceptors (Lipinski definition) is 5. The van der Waals surface area contributed by atoms with Crippen LogP contribution >= 0.6 is 0 Å². The molecule has 1 aromatic carbocycles. The summed E-state index contributed by atoms with van der Waals surface area (Å²) in [7, 11) is 1.93. The monoisotopic (exact) mass is 289 g/mol. The standard InChI is InChI=1S/C16H23N3O2/c1-11-6-8-13(9-7-11)15-18-17-14(21-15)12(2)19(5)10-16(3,4)20/h6-9,12,20H,10H2,1-5H3. The molecule has 1 atom stereocenters. The molecule has 0 aliphatic heterocycles. The summed E-state index contributed by atoms with van der Waals surface area (Å²) in [5, 5.41) is 18.1. The Balaban J connectivity index is 2.14. The van der Waals surface area contributed by atoms with Gasteiger partial charge in [0.1, 0.15) is 0 Å². The van der Waals surface area contributed by atoms with Gasteiger partial charge in [-0.15, -0.1) is 10.2 Å². The molecular weight excluding hydrogens is 266 g/mol. The summed E-state index contributed by atoms with van der Waals surface area (Å²) in [5.41, 5.74) is 1.34. The third kappa shape index (κ3) is 4.12. The maximum Gasteiger partial charge on any atom is 0.247 e. The van der Waals surface area contributed by atoms with Gasteiger partial charge >= 0.3 is 0 Å². The topological polar surface area (TPSA) is 62.4 Å². The Morgan fingerprint density at radius 3 is 2.43 bits per heavy atom. The average Bonchev–Trinajstić information content (AvgIpc) is 2.86. The van der Waals surface area contributed by atoms with Crippen molar-refractivity contribution >= 4 is 0 Å². The van der Waals surface area contributed by atoms with E-state index < -0.39 is 5.60 Å². The average molecular weight is 289 g/mol. The predicted molar refractivity (Wildman–Crippen MR) is 81.8 cm³/mol. The second-order valence-electron chi connectivity index (χ2n) is 6.22. The zero-order chi connectivity index (χ0) is 15.6.